The second-order valence-electron chi connectivity index (χ2n) is 3.97. The van der Waals surface area contributed by atoms with Gasteiger partial charge in [0.2, 0.25) is 0 Å². The van der Waals surface area contributed by atoms with E-state index < -0.39 is 7.14 Å². The zero-order valence-corrected chi connectivity index (χ0v) is 12.1. The molecule has 1 heterocycles. The summed E-state index contributed by atoms with van der Waals surface area (Å²) in [6.45, 7) is 3.39. The molecule has 0 aliphatic heterocycles. The van der Waals surface area contributed by atoms with E-state index in [0.29, 0.717) is 10.3 Å². The molecule has 0 unspecified atom stereocenters. The molecule has 0 bridgehead atoms. The van der Waals surface area contributed by atoms with Crippen molar-refractivity contribution < 1.29 is 4.57 Å². The minimum Gasteiger partial charge on any atom is -0.319 e. The minimum absolute atomic E-state index is 0.541. The molecule has 0 aliphatic rings. The number of rotatable bonds is 1. The molecule has 2 rings (SSSR count). The molecule has 0 spiro atoms. The Balaban J connectivity index is 2.83. The van der Waals surface area contributed by atoms with Crippen LogP contribution in [0.5, 0.6) is 0 Å². The maximum atomic E-state index is 12.0. The number of pyridine rings is 1. The van der Waals surface area contributed by atoms with E-state index in [-0.39, 0.29) is 0 Å². The van der Waals surface area contributed by atoms with Gasteiger partial charge in [0.1, 0.15) is 7.14 Å². The molecule has 0 radical (unpaired) electrons. The van der Waals surface area contributed by atoms with Gasteiger partial charge in [0.05, 0.1) is 10.5 Å². The third-order valence-electron chi connectivity index (χ3n) is 2.33. The first kappa shape index (κ1) is 12.1. The van der Waals surface area contributed by atoms with Crippen LogP contribution in [-0.2, 0) is 4.57 Å². The summed E-state index contributed by atoms with van der Waals surface area (Å²) >= 11 is 9.65. The second-order valence-corrected chi connectivity index (χ2v) is 8.45. The molecule has 0 saturated heterocycles. The predicted molar refractivity (Wildman–Crippen MR) is 73.5 cm³/mol. The molecule has 84 valence electrons. The topological polar surface area (TPSA) is 30.0 Å². The molecular formula is C11H10BrClNOP. The van der Waals surface area contributed by atoms with Crippen molar-refractivity contribution in [1.29, 1.82) is 0 Å². The number of benzene rings is 1. The summed E-state index contributed by atoms with van der Waals surface area (Å²) in [4.78, 5) is 4.27. The Bertz CT molecular complexity index is 608. The molecular weight excluding hydrogens is 308 g/mol. The van der Waals surface area contributed by atoms with Crippen molar-refractivity contribution in [3.05, 3.63) is 33.9 Å². The summed E-state index contributed by atoms with van der Waals surface area (Å²) in [7, 11) is -2.38. The maximum Gasteiger partial charge on any atom is 0.112 e. The van der Waals surface area contributed by atoms with Crippen molar-refractivity contribution in [2.45, 2.75) is 0 Å². The number of fused-ring (bicyclic) bond motifs is 1. The van der Waals surface area contributed by atoms with Crippen molar-refractivity contribution in [3.8, 4) is 0 Å². The lowest BCUT2D eigenvalue weighted by Crippen LogP contribution is -2.06. The molecule has 1 aromatic heterocycles. The van der Waals surface area contributed by atoms with Crippen molar-refractivity contribution in [1.82, 2.24) is 4.98 Å². The van der Waals surface area contributed by atoms with Gasteiger partial charge in [-0.3, -0.25) is 4.98 Å². The standard InChI is InChI=1S/C11H10BrClNOP/c1-16(2,15)10-6-14-9-4-3-7(12)5-8(9)11(10)13/h3-6H,1-2H3. The molecule has 0 amide bonds. The van der Waals surface area contributed by atoms with Crippen molar-refractivity contribution in [2.24, 2.45) is 0 Å². The summed E-state index contributed by atoms with van der Waals surface area (Å²) < 4.78 is 13.0. The van der Waals surface area contributed by atoms with Crippen molar-refractivity contribution >= 4 is 50.9 Å². The van der Waals surface area contributed by atoms with Crippen molar-refractivity contribution in [2.75, 3.05) is 13.3 Å². The molecule has 2 aromatic rings. The predicted octanol–water partition coefficient (Wildman–Crippen LogP) is 3.90. The summed E-state index contributed by atoms with van der Waals surface area (Å²) in [6, 6.07) is 5.68. The van der Waals surface area contributed by atoms with Crippen molar-refractivity contribution in [3.63, 3.8) is 0 Å². The summed E-state index contributed by atoms with van der Waals surface area (Å²) in [5.74, 6) is 0. The molecule has 0 aliphatic carbocycles. The first-order valence-electron chi connectivity index (χ1n) is 4.69. The molecule has 0 N–H and O–H groups in total. The van der Waals surface area contributed by atoms with E-state index >= 15 is 0 Å². The number of hydrogen-bond donors (Lipinski definition) is 0. The van der Waals surface area contributed by atoms with Crippen LogP contribution in [-0.4, -0.2) is 18.3 Å². The van der Waals surface area contributed by atoms with Crippen LogP contribution in [0.1, 0.15) is 0 Å². The normalized spacial score (nSPS) is 12.0. The summed E-state index contributed by atoms with van der Waals surface area (Å²) in [5, 5.41) is 2.01. The number of nitrogens with zero attached hydrogens (tertiary/aromatic N) is 1. The summed E-state index contributed by atoms with van der Waals surface area (Å²) in [6.07, 6.45) is 1.61. The van der Waals surface area contributed by atoms with E-state index in [4.69, 9.17) is 11.6 Å². The van der Waals surface area contributed by atoms with Gasteiger partial charge < -0.3 is 4.57 Å². The van der Waals surface area contributed by atoms with Gasteiger partial charge in [-0.05, 0) is 31.5 Å². The van der Waals surface area contributed by atoms with Gasteiger partial charge in [0.25, 0.3) is 0 Å². The fourth-order valence-electron chi connectivity index (χ4n) is 1.50. The Morgan fingerprint density at radius 2 is 2.06 bits per heavy atom. The molecule has 5 heteroatoms. The van der Waals surface area contributed by atoms with E-state index in [1.165, 1.54) is 0 Å². The smallest absolute Gasteiger partial charge is 0.112 e. The lowest BCUT2D eigenvalue weighted by molar-refractivity contribution is 0.588. The highest BCUT2D eigenvalue weighted by atomic mass is 79.9. The molecule has 16 heavy (non-hydrogen) atoms. The Hall–Kier alpha value is -0.370. The zero-order valence-electron chi connectivity index (χ0n) is 8.87. The average molecular weight is 319 g/mol. The van der Waals surface area contributed by atoms with E-state index in [9.17, 15) is 4.57 Å². The Labute approximate surface area is 108 Å². The van der Waals surface area contributed by atoms with Gasteiger partial charge in [-0.1, -0.05) is 27.5 Å². The number of hydrogen-bond acceptors (Lipinski definition) is 2. The third-order valence-corrected chi connectivity index (χ3v) is 4.86. The van der Waals surface area contributed by atoms with Crippen LogP contribution in [0.15, 0.2) is 28.9 Å². The first-order valence-corrected chi connectivity index (χ1v) is 8.46. The largest absolute Gasteiger partial charge is 0.319 e. The van der Waals surface area contributed by atoms with Crippen LogP contribution >= 0.6 is 34.7 Å². The lowest BCUT2D eigenvalue weighted by atomic mass is 10.2. The van der Waals surface area contributed by atoms with Crippen LogP contribution in [0.25, 0.3) is 10.9 Å². The van der Waals surface area contributed by atoms with Crippen LogP contribution in [0.4, 0.5) is 0 Å². The third kappa shape index (κ3) is 2.17. The van der Waals surface area contributed by atoms with Gasteiger partial charge in [0, 0.05) is 21.4 Å². The first-order chi connectivity index (χ1) is 7.39. The van der Waals surface area contributed by atoms with Gasteiger partial charge >= 0.3 is 0 Å². The Kier molecular flexibility index (Phi) is 3.13. The van der Waals surface area contributed by atoms with Crippen LogP contribution in [0.3, 0.4) is 0 Å². The second kappa shape index (κ2) is 4.14. The minimum atomic E-state index is -2.38. The average Bonchev–Trinajstić information content (AvgIpc) is 2.17. The van der Waals surface area contributed by atoms with Gasteiger partial charge in [-0.2, -0.15) is 0 Å². The zero-order chi connectivity index (χ0) is 11.9. The van der Waals surface area contributed by atoms with E-state index in [0.717, 1.165) is 15.4 Å². The molecule has 0 saturated carbocycles. The quantitative estimate of drug-likeness (QED) is 0.747. The maximum absolute atomic E-state index is 12.0. The van der Waals surface area contributed by atoms with E-state index in [2.05, 4.69) is 20.9 Å². The van der Waals surface area contributed by atoms with E-state index in [1.807, 2.05) is 18.2 Å². The molecule has 1 aromatic carbocycles. The van der Waals surface area contributed by atoms with Gasteiger partial charge in [0.15, 0.2) is 0 Å². The van der Waals surface area contributed by atoms with Gasteiger partial charge in [-0.15, -0.1) is 0 Å². The van der Waals surface area contributed by atoms with E-state index in [1.54, 1.807) is 19.5 Å². The highest BCUT2D eigenvalue weighted by Gasteiger charge is 2.17. The Morgan fingerprint density at radius 3 is 2.69 bits per heavy atom. The van der Waals surface area contributed by atoms with Crippen LogP contribution < -0.4 is 5.30 Å². The highest BCUT2D eigenvalue weighted by molar-refractivity contribution is 9.10. The fourth-order valence-corrected chi connectivity index (χ4v) is 3.60. The number of halogens is 2. The monoisotopic (exact) mass is 317 g/mol. The lowest BCUT2D eigenvalue weighted by Gasteiger charge is -2.10. The van der Waals surface area contributed by atoms with Crippen LogP contribution in [0, 0.1) is 0 Å². The number of aromatic nitrogens is 1. The molecule has 2 nitrogen and oxygen atoms in total. The fraction of sp³-hybridized carbons (Fsp3) is 0.182. The molecule has 0 atom stereocenters. The van der Waals surface area contributed by atoms with Crippen LogP contribution in [0.2, 0.25) is 5.02 Å². The van der Waals surface area contributed by atoms with Gasteiger partial charge in [-0.25, -0.2) is 0 Å². The SMILES string of the molecule is CP(C)(=O)c1cnc2ccc(Br)cc2c1Cl. The summed E-state index contributed by atoms with van der Waals surface area (Å²) in [5.41, 5.74) is 0.811. The Morgan fingerprint density at radius 1 is 1.38 bits per heavy atom. The molecule has 0 fully saturated rings. The highest BCUT2D eigenvalue weighted by Crippen LogP contribution is 2.39.